The molecule has 4 N–H and O–H groups in total. The van der Waals surface area contributed by atoms with E-state index in [-0.39, 0.29) is 49.7 Å². The summed E-state index contributed by atoms with van der Waals surface area (Å²) in [6.07, 6.45) is 2.90. The minimum Gasteiger partial charge on any atom is -0.477 e. The number of carboxylic acids is 1. The van der Waals surface area contributed by atoms with Crippen molar-refractivity contribution in [2.24, 2.45) is 0 Å². The first kappa shape index (κ1) is 30.5. The SMILES string of the molecule is CCn1c(NCCN2CCC(F)(F)CC2)c(C(=O)O)c(=O)c2ccc(-c3ccc(NC(=O)NCc4cccnc4)cc3)nc21. The van der Waals surface area contributed by atoms with Gasteiger partial charge in [0, 0.05) is 75.8 Å². The molecule has 3 aromatic heterocycles. The lowest BCUT2D eigenvalue weighted by Gasteiger charge is -2.31. The van der Waals surface area contributed by atoms with E-state index in [0.29, 0.717) is 36.7 Å². The predicted octanol–water partition coefficient (Wildman–Crippen LogP) is 4.64. The Morgan fingerprint density at radius 2 is 1.82 bits per heavy atom. The topological polar surface area (TPSA) is 141 Å². The maximum Gasteiger partial charge on any atom is 0.343 e. The van der Waals surface area contributed by atoms with Crippen molar-refractivity contribution in [2.75, 3.05) is 36.8 Å². The average Bonchev–Trinajstić information content (AvgIpc) is 3.01. The number of alkyl halides is 2. The Balaban J connectivity index is 1.35. The Morgan fingerprint density at radius 1 is 1.07 bits per heavy atom. The van der Waals surface area contributed by atoms with E-state index in [1.165, 1.54) is 0 Å². The number of piperidine rings is 1. The summed E-state index contributed by atoms with van der Waals surface area (Å²) < 4.78 is 28.7. The molecule has 4 heterocycles. The zero-order valence-corrected chi connectivity index (χ0v) is 24.1. The van der Waals surface area contributed by atoms with Crippen LogP contribution >= 0.6 is 0 Å². The Morgan fingerprint density at radius 3 is 2.48 bits per heavy atom. The lowest BCUT2D eigenvalue weighted by molar-refractivity contribution is -0.0543. The monoisotopic (exact) mass is 605 g/mol. The molecule has 0 radical (unpaired) electrons. The van der Waals surface area contributed by atoms with E-state index in [4.69, 9.17) is 4.98 Å². The van der Waals surface area contributed by atoms with E-state index in [2.05, 4.69) is 20.9 Å². The van der Waals surface area contributed by atoms with Crippen LogP contribution in [0.5, 0.6) is 0 Å². The third kappa shape index (κ3) is 7.00. The third-order valence-electron chi connectivity index (χ3n) is 7.56. The van der Waals surface area contributed by atoms with Gasteiger partial charge >= 0.3 is 12.0 Å². The van der Waals surface area contributed by atoms with E-state index in [9.17, 15) is 28.3 Å². The fourth-order valence-electron chi connectivity index (χ4n) is 5.19. The molecular formula is C31H33F2N7O4. The minimum atomic E-state index is -2.66. The fourth-order valence-corrected chi connectivity index (χ4v) is 5.19. The molecule has 4 aromatic rings. The number of urea groups is 1. The van der Waals surface area contributed by atoms with Crippen LogP contribution < -0.4 is 21.4 Å². The summed E-state index contributed by atoms with van der Waals surface area (Å²) in [6.45, 7) is 3.64. The molecule has 1 saturated heterocycles. The molecule has 1 aliphatic heterocycles. The molecule has 230 valence electrons. The van der Waals surface area contributed by atoms with Crippen LogP contribution in [0, 0.1) is 0 Å². The van der Waals surface area contributed by atoms with Crippen LogP contribution in [0.1, 0.15) is 35.7 Å². The molecule has 0 unspecified atom stereocenters. The van der Waals surface area contributed by atoms with Crippen molar-refractivity contribution in [2.45, 2.75) is 38.8 Å². The normalized spacial score (nSPS) is 14.7. The number of carbonyl (C=O) groups excluding carboxylic acids is 1. The first-order chi connectivity index (χ1) is 21.1. The molecule has 1 fully saturated rings. The van der Waals surface area contributed by atoms with Crippen LogP contribution in [0.2, 0.25) is 0 Å². The molecule has 2 amide bonds. The van der Waals surface area contributed by atoms with Crippen molar-refractivity contribution < 1.29 is 23.5 Å². The van der Waals surface area contributed by atoms with Crippen molar-refractivity contribution in [3.05, 3.63) is 82.3 Å². The van der Waals surface area contributed by atoms with Crippen molar-refractivity contribution in [3.63, 3.8) is 0 Å². The van der Waals surface area contributed by atoms with Gasteiger partial charge in [0.1, 0.15) is 17.0 Å². The number of rotatable bonds is 10. The van der Waals surface area contributed by atoms with E-state index in [1.807, 2.05) is 17.9 Å². The van der Waals surface area contributed by atoms with Gasteiger partial charge in [0.25, 0.3) is 5.92 Å². The quantitative estimate of drug-likeness (QED) is 0.205. The summed E-state index contributed by atoms with van der Waals surface area (Å²) in [4.78, 5) is 48.5. The number of aromatic carboxylic acids is 1. The number of hydrogen-bond donors (Lipinski definition) is 4. The summed E-state index contributed by atoms with van der Waals surface area (Å²) in [7, 11) is 0. The second-order valence-electron chi connectivity index (χ2n) is 10.5. The van der Waals surface area contributed by atoms with Crippen LogP contribution in [-0.4, -0.2) is 68.6 Å². The molecule has 0 aliphatic carbocycles. The number of hydrogen-bond acceptors (Lipinski definition) is 7. The lowest BCUT2D eigenvalue weighted by Crippen LogP contribution is -2.41. The third-order valence-corrected chi connectivity index (χ3v) is 7.56. The molecule has 44 heavy (non-hydrogen) atoms. The van der Waals surface area contributed by atoms with E-state index >= 15 is 0 Å². The molecule has 1 aromatic carbocycles. The molecule has 0 saturated carbocycles. The molecule has 1 aliphatic rings. The van der Waals surface area contributed by atoms with Crippen LogP contribution in [-0.2, 0) is 13.1 Å². The summed E-state index contributed by atoms with van der Waals surface area (Å²) in [5.74, 6) is -3.89. The zero-order valence-electron chi connectivity index (χ0n) is 24.1. The van der Waals surface area contributed by atoms with Gasteiger partial charge in [-0.05, 0) is 42.8 Å². The second kappa shape index (κ2) is 13.2. The molecule has 13 heteroatoms. The van der Waals surface area contributed by atoms with Crippen molar-refractivity contribution in [3.8, 4) is 11.3 Å². The predicted molar refractivity (Wildman–Crippen MR) is 163 cm³/mol. The van der Waals surface area contributed by atoms with E-state index in [1.54, 1.807) is 59.4 Å². The number of likely N-dealkylation sites (tertiary alicyclic amines) is 1. The minimum absolute atomic E-state index is 0.126. The number of carboxylic acid groups (broad SMARTS) is 1. The Labute approximate surface area is 251 Å². The van der Waals surface area contributed by atoms with Gasteiger partial charge in [-0.15, -0.1) is 0 Å². The van der Waals surface area contributed by atoms with Gasteiger partial charge in [0.2, 0.25) is 5.43 Å². The highest BCUT2D eigenvalue weighted by atomic mass is 19.3. The average molecular weight is 606 g/mol. The number of halogens is 2. The van der Waals surface area contributed by atoms with Crippen molar-refractivity contribution >= 4 is 34.5 Å². The summed E-state index contributed by atoms with van der Waals surface area (Å²) in [5.41, 5.74) is 1.98. The van der Waals surface area contributed by atoms with Gasteiger partial charge in [-0.2, -0.15) is 0 Å². The molecule has 0 spiro atoms. The number of nitrogens with zero attached hydrogens (tertiary/aromatic N) is 4. The van der Waals surface area contributed by atoms with Crippen LogP contribution in [0.25, 0.3) is 22.3 Å². The van der Waals surface area contributed by atoms with Crippen LogP contribution in [0.4, 0.5) is 25.1 Å². The number of benzene rings is 1. The van der Waals surface area contributed by atoms with Crippen LogP contribution in [0.3, 0.4) is 0 Å². The van der Waals surface area contributed by atoms with Gasteiger partial charge in [-0.1, -0.05) is 18.2 Å². The van der Waals surface area contributed by atoms with Gasteiger partial charge in [0.15, 0.2) is 0 Å². The van der Waals surface area contributed by atoms with Gasteiger partial charge < -0.3 is 30.5 Å². The summed E-state index contributed by atoms with van der Waals surface area (Å²) >= 11 is 0. The van der Waals surface area contributed by atoms with Gasteiger partial charge in [-0.3, -0.25) is 9.78 Å². The number of nitrogens with one attached hydrogen (secondary N) is 3. The van der Waals surface area contributed by atoms with Crippen LogP contribution in [0.15, 0.2) is 65.7 Å². The maximum atomic E-state index is 13.5. The smallest absolute Gasteiger partial charge is 0.343 e. The second-order valence-corrected chi connectivity index (χ2v) is 10.5. The maximum absolute atomic E-state index is 13.5. The molecular weight excluding hydrogens is 572 g/mol. The molecule has 11 nitrogen and oxygen atoms in total. The highest BCUT2D eigenvalue weighted by Crippen LogP contribution is 2.28. The number of aromatic nitrogens is 3. The number of anilines is 2. The van der Waals surface area contributed by atoms with Crippen molar-refractivity contribution in [1.29, 1.82) is 0 Å². The number of fused-ring (bicyclic) bond motifs is 1. The number of aryl methyl sites for hydroxylation is 1. The van der Waals surface area contributed by atoms with E-state index in [0.717, 1.165) is 11.1 Å². The van der Waals surface area contributed by atoms with Gasteiger partial charge in [0.05, 0.1) is 11.1 Å². The zero-order chi connectivity index (χ0) is 31.3. The summed E-state index contributed by atoms with van der Waals surface area (Å²) in [6, 6.07) is 13.5. The highest BCUT2D eigenvalue weighted by molar-refractivity contribution is 5.98. The Bertz CT molecular complexity index is 1700. The summed E-state index contributed by atoms with van der Waals surface area (Å²) in [5, 5.41) is 18.7. The molecule has 0 bridgehead atoms. The number of amides is 2. The number of carbonyl (C=O) groups is 2. The van der Waals surface area contributed by atoms with Gasteiger partial charge in [-0.25, -0.2) is 23.4 Å². The number of pyridine rings is 3. The first-order valence-electron chi connectivity index (χ1n) is 14.3. The Hall–Kier alpha value is -4.91. The fraction of sp³-hybridized carbons (Fsp3) is 0.323. The highest BCUT2D eigenvalue weighted by Gasteiger charge is 2.33. The Kier molecular flexibility index (Phi) is 9.14. The molecule has 5 rings (SSSR count). The largest absolute Gasteiger partial charge is 0.477 e. The lowest BCUT2D eigenvalue weighted by atomic mass is 10.1. The molecule has 0 atom stereocenters. The van der Waals surface area contributed by atoms with Crippen molar-refractivity contribution in [1.82, 2.24) is 24.8 Å². The standard InChI is InChI=1S/C31H33F2N7O4/c1-2-40-27-23(26(41)25(29(42)43)28(40)35-14-17-39-15-11-31(32,33)12-16-39)9-10-24(38-27)21-5-7-22(8-6-21)37-30(44)36-19-20-4-3-13-34-18-20/h3-10,13,18,35H,2,11-12,14-17,19H2,1H3,(H,42,43)(H2,36,37,44). The first-order valence-corrected chi connectivity index (χ1v) is 14.3. The van der Waals surface area contributed by atoms with E-state index < -0.39 is 22.9 Å².